The Kier molecular flexibility index (Phi) is 7.23. The van der Waals surface area contributed by atoms with Crippen molar-refractivity contribution >= 4 is 45.7 Å². The molecule has 1 amide bonds. The molecule has 3 aromatic carbocycles. The first-order chi connectivity index (χ1) is 17.5. The highest BCUT2D eigenvalue weighted by Crippen LogP contribution is 2.40. The standard InChI is InChI=1S/C27H24Cl2N4O3/c28-20-5-3-4-18(14-20)16-36-22-9-6-19(7-10-22)26(34)31-30-25-23-15-21(29)8-11-24(23)33(27(25)35)17-32-12-1-2-13-32/h3-11,14-15,35H,1-2,12-13,16-17H2. The average Bonchev–Trinajstić information content (AvgIpc) is 3.48. The molecule has 0 spiro atoms. The molecule has 4 aromatic rings. The van der Waals surface area contributed by atoms with E-state index in [2.05, 4.69) is 15.1 Å². The van der Waals surface area contributed by atoms with Gasteiger partial charge in [0.05, 0.1) is 12.2 Å². The molecule has 1 N–H and O–H groups in total. The van der Waals surface area contributed by atoms with E-state index in [1.165, 1.54) is 0 Å². The maximum absolute atomic E-state index is 12.7. The van der Waals surface area contributed by atoms with E-state index in [0.29, 0.717) is 40.0 Å². The minimum Gasteiger partial charge on any atom is -0.493 e. The molecule has 0 atom stereocenters. The van der Waals surface area contributed by atoms with Crippen molar-refractivity contribution in [2.75, 3.05) is 13.1 Å². The predicted molar refractivity (Wildman–Crippen MR) is 140 cm³/mol. The van der Waals surface area contributed by atoms with E-state index in [4.69, 9.17) is 27.9 Å². The van der Waals surface area contributed by atoms with Crippen molar-refractivity contribution in [1.82, 2.24) is 9.47 Å². The summed E-state index contributed by atoms with van der Waals surface area (Å²) < 4.78 is 7.55. The molecule has 7 nitrogen and oxygen atoms in total. The number of amides is 1. The van der Waals surface area contributed by atoms with Crippen molar-refractivity contribution < 1.29 is 14.6 Å². The fourth-order valence-electron chi connectivity index (χ4n) is 4.30. The van der Waals surface area contributed by atoms with E-state index in [0.717, 1.165) is 37.0 Å². The van der Waals surface area contributed by atoms with E-state index in [1.54, 1.807) is 47.0 Å². The number of likely N-dealkylation sites (tertiary alicyclic amines) is 1. The van der Waals surface area contributed by atoms with E-state index in [9.17, 15) is 9.90 Å². The summed E-state index contributed by atoms with van der Waals surface area (Å²) in [6.07, 6.45) is 2.27. The molecule has 2 heterocycles. The van der Waals surface area contributed by atoms with Gasteiger partial charge in [-0.3, -0.25) is 14.3 Å². The molecule has 5 rings (SSSR count). The lowest BCUT2D eigenvalue weighted by Crippen LogP contribution is -2.22. The Morgan fingerprint density at radius 2 is 1.72 bits per heavy atom. The molecular weight excluding hydrogens is 499 g/mol. The van der Waals surface area contributed by atoms with Crippen LogP contribution >= 0.6 is 23.2 Å². The number of aromatic nitrogens is 1. The lowest BCUT2D eigenvalue weighted by atomic mass is 10.2. The minimum atomic E-state index is -0.529. The minimum absolute atomic E-state index is 0.0412. The van der Waals surface area contributed by atoms with Gasteiger partial charge in [-0.25, -0.2) is 0 Å². The second kappa shape index (κ2) is 10.7. The summed E-state index contributed by atoms with van der Waals surface area (Å²) in [5.41, 5.74) is 2.31. The summed E-state index contributed by atoms with van der Waals surface area (Å²) in [5.74, 6) is 0.0412. The van der Waals surface area contributed by atoms with Gasteiger partial charge < -0.3 is 9.84 Å². The third-order valence-electron chi connectivity index (χ3n) is 6.15. The van der Waals surface area contributed by atoms with E-state index in [1.807, 2.05) is 24.3 Å². The Labute approximate surface area is 218 Å². The topological polar surface area (TPSA) is 79.4 Å². The molecule has 1 aliphatic heterocycles. The zero-order valence-electron chi connectivity index (χ0n) is 19.4. The van der Waals surface area contributed by atoms with Crippen LogP contribution in [0.2, 0.25) is 10.0 Å². The number of halogens is 2. The smallest absolute Gasteiger partial charge is 0.295 e. The van der Waals surface area contributed by atoms with Crippen molar-refractivity contribution in [2.45, 2.75) is 26.1 Å². The number of azo groups is 1. The van der Waals surface area contributed by atoms with Crippen LogP contribution in [0.3, 0.4) is 0 Å². The van der Waals surface area contributed by atoms with Crippen molar-refractivity contribution in [1.29, 1.82) is 0 Å². The van der Waals surface area contributed by atoms with Crippen molar-refractivity contribution in [3.05, 3.63) is 87.9 Å². The van der Waals surface area contributed by atoms with Crippen LogP contribution in [-0.4, -0.2) is 33.6 Å². The number of aromatic hydroxyl groups is 1. The Balaban J connectivity index is 1.32. The van der Waals surface area contributed by atoms with Gasteiger partial charge in [-0.15, -0.1) is 10.2 Å². The fraction of sp³-hybridized carbons (Fsp3) is 0.222. The number of carbonyl (C=O) groups is 1. The van der Waals surface area contributed by atoms with Crippen LogP contribution in [0.15, 0.2) is 77.0 Å². The Hall–Kier alpha value is -3.39. The molecule has 9 heteroatoms. The van der Waals surface area contributed by atoms with Gasteiger partial charge in [0.15, 0.2) is 5.69 Å². The maximum atomic E-state index is 12.7. The van der Waals surface area contributed by atoms with Crippen molar-refractivity contribution in [2.24, 2.45) is 10.2 Å². The molecule has 0 bridgehead atoms. The largest absolute Gasteiger partial charge is 0.493 e. The van der Waals surface area contributed by atoms with Crippen molar-refractivity contribution in [3.63, 3.8) is 0 Å². The molecule has 36 heavy (non-hydrogen) atoms. The highest BCUT2D eigenvalue weighted by molar-refractivity contribution is 6.31. The number of nitrogens with zero attached hydrogens (tertiary/aromatic N) is 4. The van der Waals surface area contributed by atoms with Gasteiger partial charge in [0.1, 0.15) is 12.4 Å². The Morgan fingerprint density at radius 1 is 0.972 bits per heavy atom. The number of benzene rings is 3. The highest BCUT2D eigenvalue weighted by Gasteiger charge is 2.21. The average molecular weight is 523 g/mol. The summed E-state index contributed by atoms with van der Waals surface area (Å²) in [7, 11) is 0. The van der Waals surface area contributed by atoms with Gasteiger partial charge in [0.25, 0.3) is 5.91 Å². The van der Waals surface area contributed by atoms with Crippen LogP contribution in [0, 0.1) is 0 Å². The van der Waals surface area contributed by atoms with Gasteiger partial charge in [0, 0.05) is 21.0 Å². The van der Waals surface area contributed by atoms with E-state index >= 15 is 0 Å². The molecule has 0 unspecified atom stereocenters. The van der Waals surface area contributed by atoms with Crippen LogP contribution in [0.5, 0.6) is 11.6 Å². The van der Waals surface area contributed by atoms with Crippen molar-refractivity contribution in [3.8, 4) is 11.6 Å². The zero-order chi connectivity index (χ0) is 25.1. The van der Waals surface area contributed by atoms with E-state index in [-0.39, 0.29) is 11.6 Å². The van der Waals surface area contributed by atoms with Crippen LogP contribution in [-0.2, 0) is 13.3 Å². The van der Waals surface area contributed by atoms with Crippen LogP contribution in [0.1, 0.15) is 28.8 Å². The lowest BCUT2D eigenvalue weighted by molar-refractivity contribution is 0.0995. The highest BCUT2D eigenvalue weighted by atomic mass is 35.5. The number of ether oxygens (including phenoxy) is 1. The summed E-state index contributed by atoms with van der Waals surface area (Å²) in [6, 6.07) is 19.4. The summed E-state index contributed by atoms with van der Waals surface area (Å²) in [6.45, 7) is 2.84. The normalized spacial score (nSPS) is 14.2. The predicted octanol–water partition coefficient (Wildman–Crippen LogP) is 7.21. The SMILES string of the molecule is O=C(N=Nc1c(O)n(CN2CCCC2)c2ccc(Cl)cc12)c1ccc(OCc2cccc(Cl)c2)cc1. The zero-order valence-corrected chi connectivity index (χ0v) is 20.9. The third kappa shape index (κ3) is 5.38. The number of hydrogen-bond acceptors (Lipinski definition) is 5. The molecular formula is C27H24Cl2N4O3. The number of fused-ring (bicyclic) bond motifs is 1. The van der Waals surface area contributed by atoms with E-state index < -0.39 is 5.91 Å². The molecule has 1 fully saturated rings. The molecule has 1 saturated heterocycles. The Bertz CT molecular complexity index is 1430. The third-order valence-corrected chi connectivity index (χ3v) is 6.62. The molecule has 1 aliphatic rings. The number of hydrogen-bond donors (Lipinski definition) is 1. The molecule has 0 aliphatic carbocycles. The van der Waals surface area contributed by atoms with Crippen LogP contribution < -0.4 is 4.74 Å². The second-order valence-electron chi connectivity index (χ2n) is 8.68. The second-order valence-corrected chi connectivity index (χ2v) is 9.55. The first-order valence-corrected chi connectivity index (χ1v) is 12.4. The van der Waals surface area contributed by atoms with Gasteiger partial charge in [0.2, 0.25) is 5.88 Å². The Morgan fingerprint density at radius 3 is 2.47 bits per heavy atom. The molecule has 184 valence electrons. The summed E-state index contributed by atoms with van der Waals surface area (Å²) >= 11 is 12.2. The first kappa shape index (κ1) is 24.3. The van der Waals surface area contributed by atoms with Gasteiger partial charge in [-0.2, -0.15) is 0 Å². The maximum Gasteiger partial charge on any atom is 0.295 e. The number of carbonyl (C=O) groups excluding carboxylic acids is 1. The molecule has 0 radical (unpaired) electrons. The molecule has 0 saturated carbocycles. The van der Waals surface area contributed by atoms with Gasteiger partial charge in [-0.1, -0.05) is 35.3 Å². The van der Waals surface area contributed by atoms with Gasteiger partial charge in [-0.05, 0) is 86.1 Å². The monoisotopic (exact) mass is 522 g/mol. The van der Waals surface area contributed by atoms with Crippen LogP contribution in [0.25, 0.3) is 10.9 Å². The summed E-state index contributed by atoms with van der Waals surface area (Å²) in [4.78, 5) is 15.0. The number of rotatable bonds is 7. The van der Waals surface area contributed by atoms with Gasteiger partial charge >= 0.3 is 0 Å². The van der Waals surface area contributed by atoms with Crippen LogP contribution in [0.4, 0.5) is 5.69 Å². The first-order valence-electron chi connectivity index (χ1n) is 11.6. The lowest BCUT2D eigenvalue weighted by Gasteiger charge is -2.17. The summed E-state index contributed by atoms with van der Waals surface area (Å²) in [5, 5.41) is 20.8. The molecule has 1 aromatic heterocycles. The quantitative estimate of drug-likeness (QED) is 0.260. The fourth-order valence-corrected chi connectivity index (χ4v) is 4.69.